The van der Waals surface area contributed by atoms with E-state index in [-0.39, 0.29) is 0 Å². The van der Waals surface area contributed by atoms with E-state index in [1.807, 2.05) is 11.5 Å². The maximum Gasteiger partial charge on any atom is 0.197 e. The zero-order valence-corrected chi connectivity index (χ0v) is 11.7. The molecule has 0 bridgehead atoms. The van der Waals surface area contributed by atoms with Crippen LogP contribution in [0.1, 0.15) is 18.1 Å². The molecular formula is C13H17N3OS. The van der Waals surface area contributed by atoms with Gasteiger partial charge >= 0.3 is 0 Å². The van der Waals surface area contributed by atoms with Gasteiger partial charge in [0.1, 0.15) is 6.33 Å². The lowest BCUT2D eigenvalue weighted by molar-refractivity contribution is 0.199. The molecule has 4 nitrogen and oxygen atoms in total. The quantitative estimate of drug-likeness (QED) is 0.472. The third-order valence-electron chi connectivity index (χ3n) is 2.60. The van der Waals surface area contributed by atoms with Gasteiger partial charge in [0.25, 0.3) is 0 Å². The number of aryl methyl sites for hydroxylation is 2. The van der Waals surface area contributed by atoms with Crippen molar-refractivity contribution < 1.29 is 4.74 Å². The van der Waals surface area contributed by atoms with Gasteiger partial charge in [-0.3, -0.25) is 4.57 Å². The smallest absolute Gasteiger partial charge is 0.197 e. The molecule has 0 unspecified atom stereocenters. The van der Waals surface area contributed by atoms with Crippen LogP contribution in [-0.2, 0) is 4.74 Å². The molecule has 0 amide bonds. The van der Waals surface area contributed by atoms with E-state index in [9.17, 15) is 0 Å². The molecule has 0 atom stereocenters. The molecule has 0 N–H and O–H groups in total. The van der Waals surface area contributed by atoms with Gasteiger partial charge in [-0.2, -0.15) is 0 Å². The highest BCUT2D eigenvalue weighted by Crippen LogP contribution is 2.22. The predicted molar refractivity (Wildman–Crippen MR) is 73.2 cm³/mol. The second-order valence-corrected chi connectivity index (χ2v) is 4.92. The van der Waals surface area contributed by atoms with Gasteiger partial charge in [0.15, 0.2) is 5.16 Å². The fourth-order valence-electron chi connectivity index (χ4n) is 1.74. The molecule has 0 fully saturated rings. The average molecular weight is 263 g/mol. The summed E-state index contributed by atoms with van der Waals surface area (Å²) in [6, 6.07) is 6.35. The molecule has 2 aromatic rings. The Balaban J connectivity index is 2.25. The van der Waals surface area contributed by atoms with Crippen LogP contribution in [0.25, 0.3) is 5.69 Å². The van der Waals surface area contributed by atoms with Crippen LogP contribution in [0.15, 0.2) is 29.7 Å². The molecule has 0 aliphatic carbocycles. The third kappa shape index (κ3) is 2.91. The van der Waals surface area contributed by atoms with E-state index in [0.717, 1.165) is 10.8 Å². The Hall–Kier alpha value is -1.33. The minimum Gasteiger partial charge on any atom is -0.371 e. The number of rotatable bonds is 5. The topological polar surface area (TPSA) is 39.9 Å². The number of ether oxygens (including phenoxy) is 1. The van der Waals surface area contributed by atoms with Gasteiger partial charge in [-0.1, -0.05) is 29.5 Å². The zero-order chi connectivity index (χ0) is 13.0. The third-order valence-corrected chi connectivity index (χ3v) is 3.42. The molecule has 96 valence electrons. The van der Waals surface area contributed by atoms with E-state index in [0.29, 0.717) is 12.5 Å². The molecule has 1 aromatic heterocycles. The zero-order valence-electron chi connectivity index (χ0n) is 10.9. The molecule has 0 aliphatic heterocycles. The van der Waals surface area contributed by atoms with Gasteiger partial charge in [-0.05, 0) is 32.4 Å². The standard InChI is InChI=1S/C13H17N3OS/c1-4-17-9-18-13-15-14-8-16(13)12-6-5-10(2)7-11(12)3/h5-8H,4,9H2,1-3H3. The molecule has 0 saturated heterocycles. The average Bonchev–Trinajstić information content (AvgIpc) is 2.78. The molecular weight excluding hydrogens is 246 g/mol. The Morgan fingerprint density at radius 1 is 1.33 bits per heavy atom. The van der Waals surface area contributed by atoms with Crippen LogP contribution in [0.5, 0.6) is 0 Å². The van der Waals surface area contributed by atoms with Crippen LogP contribution in [-0.4, -0.2) is 27.3 Å². The van der Waals surface area contributed by atoms with Crippen molar-refractivity contribution in [3.63, 3.8) is 0 Å². The Morgan fingerprint density at radius 3 is 2.89 bits per heavy atom. The van der Waals surface area contributed by atoms with Crippen LogP contribution in [0.2, 0.25) is 0 Å². The van der Waals surface area contributed by atoms with Crippen LogP contribution >= 0.6 is 11.8 Å². The summed E-state index contributed by atoms with van der Waals surface area (Å²) in [5.41, 5.74) is 3.59. The van der Waals surface area contributed by atoms with Gasteiger partial charge < -0.3 is 4.74 Å². The summed E-state index contributed by atoms with van der Waals surface area (Å²) in [6.07, 6.45) is 1.74. The molecule has 1 heterocycles. The summed E-state index contributed by atoms with van der Waals surface area (Å²) in [4.78, 5) is 0. The van der Waals surface area contributed by atoms with Gasteiger partial charge in [0.2, 0.25) is 0 Å². The molecule has 0 spiro atoms. The second-order valence-electron chi connectivity index (χ2n) is 4.03. The first kappa shape index (κ1) is 13.1. The predicted octanol–water partition coefficient (Wildman–Crippen LogP) is 2.97. The largest absolute Gasteiger partial charge is 0.371 e. The maximum absolute atomic E-state index is 5.33. The summed E-state index contributed by atoms with van der Waals surface area (Å²) in [6.45, 7) is 6.88. The van der Waals surface area contributed by atoms with Crippen molar-refractivity contribution in [2.75, 3.05) is 12.5 Å². The number of thioether (sulfide) groups is 1. The lowest BCUT2D eigenvalue weighted by atomic mass is 10.1. The molecule has 0 saturated carbocycles. The van der Waals surface area contributed by atoms with Crippen molar-refractivity contribution in [2.24, 2.45) is 0 Å². The lowest BCUT2D eigenvalue weighted by Gasteiger charge is -2.09. The van der Waals surface area contributed by atoms with Crippen LogP contribution < -0.4 is 0 Å². The maximum atomic E-state index is 5.33. The number of benzene rings is 1. The van der Waals surface area contributed by atoms with E-state index < -0.39 is 0 Å². The van der Waals surface area contributed by atoms with Gasteiger partial charge in [-0.15, -0.1) is 10.2 Å². The summed E-state index contributed by atoms with van der Waals surface area (Å²) in [5.74, 6) is 0.597. The van der Waals surface area contributed by atoms with Crippen molar-refractivity contribution in [1.29, 1.82) is 0 Å². The Labute approximate surface area is 111 Å². The van der Waals surface area contributed by atoms with Crippen molar-refractivity contribution in [1.82, 2.24) is 14.8 Å². The fourth-order valence-corrected chi connectivity index (χ4v) is 2.49. The summed E-state index contributed by atoms with van der Waals surface area (Å²) < 4.78 is 7.33. The van der Waals surface area contributed by atoms with E-state index in [1.54, 1.807) is 18.1 Å². The first-order chi connectivity index (χ1) is 8.72. The normalized spacial score (nSPS) is 10.8. The minimum atomic E-state index is 0.597. The number of hydrogen-bond donors (Lipinski definition) is 0. The lowest BCUT2D eigenvalue weighted by Crippen LogP contribution is -1.99. The van der Waals surface area contributed by atoms with Gasteiger partial charge in [-0.25, -0.2) is 0 Å². The number of hydrogen-bond acceptors (Lipinski definition) is 4. The molecule has 5 heteroatoms. The molecule has 18 heavy (non-hydrogen) atoms. The van der Waals surface area contributed by atoms with E-state index in [1.165, 1.54) is 11.1 Å². The minimum absolute atomic E-state index is 0.597. The van der Waals surface area contributed by atoms with Crippen LogP contribution in [0.4, 0.5) is 0 Å². The summed E-state index contributed by atoms with van der Waals surface area (Å²) >= 11 is 1.55. The SMILES string of the molecule is CCOCSc1nncn1-c1ccc(C)cc1C. The second kappa shape index (κ2) is 6.02. The number of nitrogens with zero attached hydrogens (tertiary/aromatic N) is 3. The highest BCUT2D eigenvalue weighted by Gasteiger charge is 2.09. The molecule has 2 rings (SSSR count). The van der Waals surface area contributed by atoms with Gasteiger partial charge in [0.05, 0.1) is 11.6 Å². The number of aromatic nitrogens is 3. The van der Waals surface area contributed by atoms with Gasteiger partial charge in [0, 0.05) is 6.61 Å². The van der Waals surface area contributed by atoms with Crippen molar-refractivity contribution in [3.05, 3.63) is 35.7 Å². The van der Waals surface area contributed by atoms with Crippen LogP contribution in [0.3, 0.4) is 0 Å². The first-order valence-electron chi connectivity index (χ1n) is 5.90. The van der Waals surface area contributed by atoms with Crippen molar-refractivity contribution in [3.8, 4) is 5.69 Å². The Morgan fingerprint density at radius 2 is 2.17 bits per heavy atom. The van der Waals surface area contributed by atoms with Crippen molar-refractivity contribution in [2.45, 2.75) is 25.9 Å². The van der Waals surface area contributed by atoms with E-state index >= 15 is 0 Å². The molecule has 1 aromatic carbocycles. The van der Waals surface area contributed by atoms with E-state index in [4.69, 9.17) is 4.74 Å². The summed E-state index contributed by atoms with van der Waals surface area (Å²) in [7, 11) is 0. The fraction of sp³-hybridized carbons (Fsp3) is 0.385. The van der Waals surface area contributed by atoms with Crippen molar-refractivity contribution >= 4 is 11.8 Å². The Kier molecular flexibility index (Phi) is 4.38. The first-order valence-corrected chi connectivity index (χ1v) is 6.89. The molecule has 0 radical (unpaired) electrons. The monoisotopic (exact) mass is 263 g/mol. The van der Waals surface area contributed by atoms with Crippen LogP contribution in [0, 0.1) is 13.8 Å². The molecule has 0 aliphatic rings. The summed E-state index contributed by atoms with van der Waals surface area (Å²) in [5, 5.41) is 8.96. The highest BCUT2D eigenvalue weighted by atomic mass is 32.2. The van der Waals surface area contributed by atoms with E-state index in [2.05, 4.69) is 42.2 Å². The Bertz CT molecular complexity index is 525. The highest BCUT2D eigenvalue weighted by molar-refractivity contribution is 7.99.